The Kier molecular flexibility index (Phi) is 7.29. The molecule has 7 nitrogen and oxygen atoms in total. The molecule has 0 spiro atoms. The van der Waals surface area contributed by atoms with Crippen molar-refractivity contribution in [2.24, 2.45) is 5.92 Å². The molecule has 3 N–H and O–H groups in total. The number of pyridine rings is 1. The Bertz CT molecular complexity index is 1010. The van der Waals surface area contributed by atoms with Crippen molar-refractivity contribution in [1.29, 1.82) is 0 Å². The van der Waals surface area contributed by atoms with Gasteiger partial charge in [-0.25, -0.2) is 4.98 Å². The topological polar surface area (TPSA) is 88.2 Å². The molecule has 0 bridgehead atoms. The van der Waals surface area contributed by atoms with Crippen molar-refractivity contribution in [3.63, 3.8) is 0 Å². The highest BCUT2D eigenvalue weighted by molar-refractivity contribution is 7.22. The summed E-state index contributed by atoms with van der Waals surface area (Å²) in [5.74, 6) is 0.461. The number of thiazole rings is 1. The Hall–Kier alpha value is -1.91. The largest absolute Gasteiger partial charge is 0.383 e. The lowest BCUT2D eigenvalue weighted by molar-refractivity contribution is -0.116. The molecule has 0 fully saturated rings. The summed E-state index contributed by atoms with van der Waals surface area (Å²) in [6.07, 6.45) is 4.95. The number of nitrogens with one attached hydrogen (secondary N) is 3. The molecule has 1 amide bonds. The molecule has 4 rings (SSSR count). The number of carbonyl (C=O) groups is 1. The molecule has 4 heterocycles. The van der Waals surface area contributed by atoms with Gasteiger partial charge < -0.3 is 20.7 Å². The molecule has 31 heavy (non-hydrogen) atoms. The molecule has 0 saturated heterocycles. The van der Waals surface area contributed by atoms with E-state index in [1.54, 1.807) is 42.2 Å². The summed E-state index contributed by atoms with van der Waals surface area (Å²) < 4.78 is 6.39. The smallest absolute Gasteiger partial charge is 0.226 e. The maximum absolute atomic E-state index is 12.8. The summed E-state index contributed by atoms with van der Waals surface area (Å²) in [6.45, 7) is 7.34. The second-order valence-electron chi connectivity index (χ2n) is 8.06. The van der Waals surface area contributed by atoms with E-state index in [9.17, 15) is 4.79 Å². The molecule has 1 aliphatic heterocycles. The van der Waals surface area contributed by atoms with Gasteiger partial charge in [-0.3, -0.25) is 9.78 Å². The molecule has 9 heteroatoms. The van der Waals surface area contributed by atoms with Crippen LogP contribution in [0.3, 0.4) is 0 Å². The lowest BCUT2D eigenvalue weighted by Crippen LogP contribution is -2.39. The van der Waals surface area contributed by atoms with E-state index in [1.165, 1.54) is 10.4 Å². The van der Waals surface area contributed by atoms with Crippen LogP contribution in [0.4, 0.5) is 5.00 Å². The maximum atomic E-state index is 12.8. The zero-order chi connectivity index (χ0) is 21.8. The first-order valence-electron chi connectivity index (χ1n) is 10.6. The van der Waals surface area contributed by atoms with Crippen LogP contribution in [-0.2, 0) is 22.5 Å². The van der Waals surface area contributed by atoms with Crippen LogP contribution in [0, 0.1) is 5.92 Å². The zero-order valence-electron chi connectivity index (χ0n) is 18.2. The van der Waals surface area contributed by atoms with Gasteiger partial charge in [0.2, 0.25) is 5.91 Å². The minimum Gasteiger partial charge on any atom is -0.383 e. The molecule has 166 valence electrons. The van der Waals surface area contributed by atoms with E-state index < -0.39 is 0 Å². The summed E-state index contributed by atoms with van der Waals surface area (Å²) in [7, 11) is 1.71. The lowest BCUT2D eigenvalue weighted by atomic mass is 10.0. The SMILES string of the molecule is COCC(NCCC(=O)Nc1sc2c(c1-c1nc3cnccc3s1)CCNC2)C(C)C. The molecule has 1 atom stereocenters. The van der Waals surface area contributed by atoms with Crippen LogP contribution in [0.1, 0.15) is 30.7 Å². The second-order valence-corrected chi connectivity index (χ2v) is 10.2. The molecule has 0 radical (unpaired) electrons. The minimum atomic E-state index is 0.0167. The zero-order valence-corrected chi connectivity index (χ0v) is 19.8. The van der Waals surface area contributed by atoms with Gasteiger partial charge in [0.05, 0.1) is 17.5 Å². The number of hydrogen-bond donors (Lipinski definition) is 3. The molecule has 1 aliphatic rings. The average molecular weight is 460 g/mol. The van der Waals surface area contributed by atoms with Gasteiger partial charge in [0.1, 0.15) is 15.5 Å². The number of anilines is 1. The quantitative estimate of drug-likeness (QED) is 0.453. The van der Waals surface area contributed by atoms with Crippen LogP contribution in [-0.4, -0.2) is 48.7 Å². The van der Waals surface area contributed by atoms with E-state index in [4.69, 9.17) is 9.72 Å². The van der Waals surface area contributed by atoms with Crippen molar-refractivity contribution < 1.29 is 9.53 Å². The van der Waals surface area contributed by atoms with Crippen molar-refractivity contribution in [2.45, 2.75) is 39.3 Å². The van der Waals surface area contributed by atoms with Crippen molar-refractivity contribution in [3.05, 3.63) is 28.9 Å². The summed E-state index contributed by atoms with van der Waals surface area (Å²) in [4.78, 5) is 23.1. The van der Waals surface area contributed by atoms with Crippen LogP contribution in [0.15, 0.2) is 18.5 Å². The van der Waals surface area contributed by atoms with Crippen LogP contribution in [0.25, 0.3) is 20.8 Å². The van der Waals surface area contributed by atoms with E-state index in [0.29, 0.717) is 25.5 Å². The molecule has 1 unspecified atom stereocenters. The first-order valence-corrected chi connectivity index (χ1v) is 12.3. The second kappa shape index (κ2) is 10.1. The molecular formula is C22H29N5O2S2. The number of nitrogens with zero attached hydrogens (tertiary/aromatic N) is 2. The fourth-order valence-electron chi connectivity index (χ4n) is 3.76. The first-order chi connectivity index (χ1) is 15.1. The monoisotopic (exact) mass is 459 g/mol. The van der Waals surface area contributed by atoms with E-state index in [1.807, 2.05) is 6.07 Å². The van der Waals surface area contributed by atoms with Gasteiger partial charge in [-0.2, -0.15) is 0 Å². The van der Waals surface area contributed by atoms with E-state index in [-0.39, 0.29) is 11.9 Å². The van der Waals surface area contributed by atoms with E-state index >= 15 is 0 Å². The minimum absolute atomic E-state index is 0.0167. The van der Waals surface area contributed by atoms with Gasteiger partial charge in [-0.05, 0) is 30.5 Å². The highest BCUT2D eigenvalue weighted by Crippen LogP contribution is 2.44. The Labute approximate surface area is 190 Å². The van der Waals surface area contributed by atoms with Crippen LogP contribution in [0.5, 0.6) is 0 Å². The van der Waals surface area contributed by atoms with Crippen molar-refractivity contribution in [3.8, 4) is 10.6 Å². The Morgan fingerprint density at radius 2 is 2.23 bits per heavy atom. The third-order valence-corrected chi connectivity index (χ3v) is 7.70. The number of fused-ring (bicyclic) bond motifs is 2. The summed E-state index contributed by atoms with van der Waals surface area (Å²) in [6, 6.07) is 2.23. The number of carbonyl (C=O) groups excluding carboxylic acids is 1. The van der Waals surface area contributed by atoms with Gasteiger partial charge in [0.25, 0.3) is 0 Å². The predicted molar refractivity (Wildman–Crippen MR) is 128 cm³/mol. The fraction of sp³-hybridized carbons (Fsp3) is 0.500. The highest BCUT2D eigenvalue weighted by atomic mass is 32.1. The average Bonchev–Trinajstić information content (AvgIpc) is 3.33. The molecular weight excluding hydrogens is 430 g/mol. The van der Waals surface area contributed by atoms with Crippen LogP contribution in [0.2, 0.25) is 0 Å². The summed E-state index contributed by atoms with van der Waals surface area (Å²) in [5, 5.41) is 11.9. The van der Waals surface area contributed by atoms with Crippen molar-refractivity contribution in [2.75, 3.05) is 32.1 Å². The number of hydrogen-bond acceptors (Lipinski definition) is 8. The molecule has 0 aromatic carbocycles. The number of thiophene rings is 1. The van der Waals surface area contributed by atoms with Crippen molar-refractivity contribution in [1.82, 2.24) is 20.6 Å². The Morgan fingerprint density at radius 1 is 1.35 bits per heavy atom. The van der Waals surface area contributed by atoms with Gasteiger partial charge in [-0.15, -0.1) is 22.7 Å². The van der Waals surface area contributed by atoms with Crippen LogP contribution >= 0.6 is 22.7 Å². The summed E-state index contributed by atoms with van der Waals surface area (Å²) in [5.41, 5.74) is 3.29. The van der Waals surface area contributed by atoms with E-state index in [2.05, 4.69) is 34.8 Å². The number of amides is 1. The maximum Gasteiger partial charge on any atom is 0.226 e. The van der Waals surface area contributed by atoms with E-state index in [0.717, 1.165) is 45.3 Å². The van der Waals surface area contributed by atoms with Crippen LogP contribution < -0.4 is 16.0 Å². The number of aromatic nitrogens is 2. The lowest BCUT2D eigenvalue weighted by Gasteiger charge is -2.21. The fourth-order valence-corrected chi connectivity index (χ4v) is 6.07. The standard InChI is InChI=1S/C22H29N5O2S2/c1-13(2)16(12-29-3)25-9-6-19(28)27-22-20(14-4-7-24-11-18(14)31-22)21-26-15-10-23-8-5-17(15)30-21/h5,8,10,13,16,24-25H,4,6-7,9,11-12H2,1-3H3,(H,27,28). The summed E-state index contributed by atoms with van der Waals surface area (Å²) >= 11 is 3.32. The number of ether oxygens (including phenoxy) is 1. The third kappa shape index (κ3) is 5.12. The Morgan fingerprint density at radius 3 is 3.00 bits per heavy atom. The van der Waals surface area contributed by atoms with Gasteiger partial charge in [0, 0.05) is 49.3 Å². The van der Waals surface area contributed by atoms with Crippen molar-refractivity contribution >= 4 is 43.8 Å². The highest BCUT2D eigenvalue weighted by Gasteiger charge is 2.25. The molecule has 0 saturated carbocycles. The number of rotatable bonds is 9. The van der Waals surface area contributed by atoms with Gasteiger partial charge >= 0.3 is 0 Å². The third-order valence-electron chi connectivity index (χ3n) is 5.49. The van der Waals surface area contributed by atoms with Gasteiger partial charge in [-0.1, -0.05) is 13.8 Å². The molecule has 3 aromatic rings. The molecule has 3 aromatic heterocycles. The van der Waals surface area contributed by atoms with Gasteiger partial charge in [0.15, 0.2) is 0 Å². The Balaban J connectivity index is 1.52. The molecule has 0 aliphatic carbocycles. The predicted octanol–water partition coefficient (Wildman–Crippen LogP) is 3.65. The first kappa shape index (κ1) is 22.3. The number of methoxy groups -OCH3 is 1. The normalized spacial score (nSPS) is 14.7.